The van der Waals surface area contributed by atoms with Gasteiger partial charge < -0.3 is 19.8 Å². The van der Waals surface area contributed by atoms with Gasteiger partial charge in [0.2, 0.25) is 0 Å². The number of carbonyl (C=O) groups is 1. The van der Waals surface area contributed by atoms with Gasteiger partial charge in [0, 0.05) is 29.6 Å². The Morgan fingerprint density at radius 2 is 2.11 bits per heavy atom. The first kappa shape index (κ1) is 26.4. The van der Waals surface area contributed by atoms with Crippen LogP contribution in [0.3, 0.4) is 0 Å². The highest BCUT2D eigenvalue weighted by Gasteiger charge is 2.44. The van der Waals surface area contributed by atoms with Crippen LogP contribution < -0.4 is 9.64 Å². The van der Waals surface area contributed by atoms with E-state index in [4.69, 9.17) is 27.9 Å². The molecule has 1 saturated carbocycles. The lowest BCUT2D eigenvalue weighted by atomic mass is 9.68. The molecule has 0 bridgehead atoms. The van der Waals surface area contributed by atoms with E-state index in [-0.39, 0.29) is 21.9 Å². The smallest absolute Gasteiger partial charge is 0.337 e. The Morgan fingerprint density at radius 1 is 1.27 bits per heavy atom. The standard InChI is InChI=1S/C30H35Cl2NO4/c1-2-3-4-7-27(34)22-10-8-20(22)16-33-17-30(12-5-6-19-13-21(31)9-11-24(19)30)18-37-28-15-25(32)23(29(35)36)14-26(28)33/h4,7,9,11,13-15,20,22,27,34H,2-3,5-6,8,10,12,16-18H2,1H3,(H,35,36)/b7-4+/t20-,22+,27?,30?/m0/s1. The summed E-state index contributed by atoms with van der Waals surface area (Å²) in [5.41, 5.74) is 3.12. The van der Waals surface area contributed by atoms with Crippen LogP contribution in [0.5, 0.6) is 5.75 Å². The quantitative estimate of drug-likeness (QED) is 0.371. The normalized spacial score (nSPS) is 25.7. The van der Waals surface area contributed by atoms with Crippen LogP contribution in [0.15, 0.2) is 42.5 Å². The zero-order chi connectivity index (χ0) is 26.2. The van der Waals surface area contributed by atoms with E-state index in [0.717, 1.165) is 62.2 Å². The maximum absolute atomic E-state index is 12.0. The van der Waals surface area contributed by atoms with E-state index in [1.54, 1.807) is 12.1 Å². The van der Waals surface area contributed by atoms with Gasteiger partial charge in [0.25, 0.3) is 0 Å². The number of carboxylic acids is 1. The van der Waals surface area contributed by atoms with Crippen molar-refractivity contribution in [2.75, 3.05) is 24.6 Å². The van der Waals surface area contributed by atoms with Crippen LogP contribution in [-0.4, -0.2) is 42.0 Å². The summed E-state index contributed by atoms with van der Waals surface area (Å²) >= 11 is 12.7. The fourth-order valence-corrected chi connectivity index (χ4v) is 6.83. The van der Waals surface area contributed by atoms with Gasteiger partial charge in [-0.05, 0) is 79.7 Å². The fraction of sp³-hybridized carbons (Fsp3) is 0.500. The van der Waals surface area contributed by atoms with Crippen molar-refractivity contribution in [1.82, 2.24) is 0 Å². The molecule has 0 radical (unpaired) electrons. The van der Waals surface area contributed by atoms with Crippen molar-refractivity contribution >= 4 is 34.9 Å². The Morgan fingerprint density at radius 3 is 2.84 bits per heavy atom. The average molecular weight is 545 g/mol. The molecule has 0 aromatic heterocycles. The summed E-state index contributed by atoms with van der Waals surface area (Å²) in [7, 11) is 0. The lowest BCUT2D eigenvalue weighted by molar-refractivity contribution is 0.0456. The van der Waals surface area contributed by atoms with E-state index in [1.807, 2.05) is 12.1 Å². The summed E-state index contributed by atoms with van der Waals surface area (Å²) in [5, 5.41) is 21.6. The second-order valence-corrected chi connectivity index (χ2v) is 11.8. The van der Waals surface area contributed by atoms with Crippen molar-refractivity contribution in [3.63, 3.8) is 0 Å². The number of aliphatic hydroxyl groups excluding tert-OH is 1. The molecule has 198 valence electrons. The number of ether oxygens (including phenoxy) is 1. The molecule has 4 atom stereocenters. The summed E-state index contributed by atoms with van der Waals surface area (Å²) in [5.74, 6) is 0.0662. The van der Waals surface area contributed by atoms with Crippen molar-refractivity contribution in [3.05, 3.63) is 69.2 Å². The highest BCUT2D eigenvalue weighted by Crippen LogP contribution is 2.47. The summed E-state index contributed by atoms with van der Waals surface area (Å²) < 4.78 is 6.44. The topological polar surface area (TPSA) is 70.0 Å². The number of rotatable bonds is 7. The van der Waals surface area contributed by atoms with Crippen LogP contribution in [0.4, 0.5) is 5.69 Å². The van der Waals surface area contributed by atoms with E-state index in [2.05, 4.69) is 30.0 Å². The molecule has 37 heavy (non-hydrogen) atoms. The molecule has 0 saturated heterocycles. The number of aryl methyl sites for hydroxylation is 1. The number of fused-ring (bicyclic) bond motifs is 3. The molecule has 0 amide bonds. The van der Waals surface area contributed by atoms with Gasteiger partial charge in [-0.3, -0.25) is 0 Å². The van der Waals surface area contributed by atoms with Crippen molar-refractivity contribution in [2.45, 2.75) is 63.4 Å². The van der Waals surface area contributed by atoms with Crippen molar-refractivity contribution in [2.24, 2.45) is 11.8 Å². The number of hydrogen-bond donors (Lipinski definition) is 2. The van der Waals surface area contributed by atoms with E-state index < -0.39 is 12.1 Å². The monoisotopic (exact) mass is 543 g/mol. The maximum atomic E-state index is 12.0. The molecule has 3 aliphatic rings. The number of benzene rings is 2. The van der Waals surface area contributed by atoms with E-state index in [0.29, 0.717) is 24.8 Å². The number of aliphatic hydroxyl groups is 1. The summed E-state index contributed by atoms with van der Waals surface area (Å²) in [6.45, 7) is 4.06. The van der Waals surface area contributed by atoms with E-state index >= 15 is 0 Å². The molecule has 2 aliphatic carbocycles. The molecular formula is C30H35Cl2NO4. The highest BCUT2D eigenvalue weighted by molar-refractivity contribution is 6.33. The van der Waals surface area contributed by atoms with Gasteiger partial charge >= 0.3 is 5.97 Å². The highest BCUT2D eigenvalue weighted by atomic mass is 35.5. The first-order valence-electron chi connectivity index (χ1n) is 13.4. The number of carboxylic acid groups (broad SMARTS) is 1. The number of anilines is 1. The van der Waals surface area contributed by atoms with Crippen LogP contribution in [-0.2, 0) is 11.8 Å². The third-order valence-electron chi connectivity index (χ3n) is 8.52. The predicted octanol–water partition coefficient (Wildman–Crippen LogP) is 6.91. The van der Waals surface area contributed by atoms with E-state index in [1.165, 1.54) is 11.1 Å². The van der Waals surface area contributed by atoms with Crippen LogP contribution >= 0.6 is 23.2 Å². The Kier molecular flexibility index (Phi) is 7.76. The third-order valence-corrected chi connectivity index (χ3v) is 9.06. The molecule has 1 aliphatic heterocycles. The van der Waals surface area contributed by atoms with Crippen molar-refractivity contribution < 1.29 is 19.7 Å². The minimum absolute atomic E-state index is 0.0773. The molecule has 2 unspecified atom stereocenters. The van der Waals surface area contributed by atoms with Gasteiger partial charge in [-0.1, -0.05) is 54.8 Å². The molecule has 1 spiro atoms. The minimum atomic E-state index is -1.05. The Labute approximate surface area is 229 Å². The molecule has 2 aromatic rings. The van der Waals surface area contributed by atoms with Gasteiger partial charge in [-0.2, -0.15) is 0 Å². The first-order valence-corrected chi connectivity index (χ1v) is 14.1. The van der Waals surface area contributed by atoms with E-state index in [9.17, 15) is 15.0 Å². The van der Waals surface area contributed by atoms with Crippen molar-refractivity contribution in [3.8, 4) is 5.75 Å². The maximum Gasteiger partial charge on any atom is 0.337 e. The largest absolute Gasteiger partial charge is 0.490 e. The Bertz CT molecular complexity index is 1200. The zero-order valence-electron chi connectivity index (χ0n) is 21.3. The number of allylic oxidation sites excluding steroid dienone is 1. The number of unbranched alkanes of at least 4 members (excludes halogenated alkanes) is 1. The number of halogens is 2. The second-order valence-electron chi connectivity index (χ2n) is 10.9. The number of hydrogen-bond acceptors (Lipinski definition) is 4. The molecule has 1 heterocycles. The zero-order valence-corrected chi connectivity index (χ0v) is 22.8. The first-order chi connectivity index (χ1) is 17.8. The molecule has 5 rings (SSSR count). The number of aromatic carboxylic acids is 1. The lowest BCUT2D eigenvalue weighted by Crippen LogP contribution is -2.49. The van der Waals surface area contributed by atoms with Crippen LogP contribution in [0.1, 0.15) is 66.9 Å². The third kappa shape index (κ3) is 5.23. The summed E-state index contributed by atoms with van der Waals surface area (Å²) in [6, 6.07) is 9.48. The van der Waals surface area contributed by atoms with Gasteiger partial charge in [0.1, 0.15) is 5.75 Å². The molecule has 1 fully saturated rings. The molecule has 7 heteroatoms. The molecule has 2 aromatic carbocycles. The molecular weight excluding hydrogens is 509 g/mol. The predicted molar refractivity (Wildman–Crippen MR) is 148 cm³/mol. The Balaban J connectivity index is 1.51. The van der Waals surface area contributed by atoms with Crippen molar-refractivity contribution in [1.29, 1.82) is 0 Å². The summed E-state index contributed by atoms with van der Waals surface area (Å²) in [4.78, 5) is 14.2. The van der Waals surface area contributed by atoms with Gasteiger partial charge in [0.15, 0.2) is 0 Å². The SMILES string of the molecule is CCC/C=C/C(O)[C@@H]1CC[C@H]1CN1CC2(CCCc3cc(Cl)ccc32)COc2cc(Cl)c(C(=O)O)cc21. The fourth-order valence-electron chi connectivity index (χ4n) is 6.40. The lowest BCUT2D eigenvalue weighted by Gasteiger charge is -2.45. The molecule has 2 N–H and O–H groups in total. The Hall–Kier alpha value is -2.21. The molecule has 5 nitrogen and oxygen atoms in total. The second kappa shape index (κ2) is 10.9. The summed E-state index contributed by atoms with van der Waals surface area (Å²) in [6.07, 6.45) is 10.6. The average Bonchev–Trinajstić information content (AvgIpc) is 2.98. The van der Waals surface area contributed by atoms with Gasteiger partial charge in [-0.15, -0.1) is 0 Å². The van der Waals surface area contributed by atoms with Gasteiger partial charge in [0.05, 0.1) is 29.0 Å². The van der Waals surface area contributed by atoms with Crippen LogP contribution in [0.25, 0.3) is 0 Å². The van der Waals surface area contributed by atoms with Crippen LogP contribution in [0.2, 0.25) is 10.0 Å². The van der Waals surface area contributed by atoms with Crippen LogP contribution in [0, 0.1) is 11.8 Å². The van der Waals surface area contributed by atoms with Gasteiger partial charge in [-0.25, -0.2) is 4.79 Å². The number of nitrogens with zero attached hydrogens (tertiary/aromatic N) is 1. The minimum Gasteiger partial charge on any atom is -0.490 e.